The lowest BCUT2D eigenvalue weighted by molar-refractivity contribution is -0.161. The first kappa shape index (κ1) is 91.1. The monoisotopic (exact) mass is 1370 g/mol. The quantitative estimate of drug-likeness (QED) is 0.0222. The summed E-state index contributed by atoms with van der Waals surface area (Å²) in [7, 11) is -9.91. The highest BCUT2D eigenvalue weighted by Gasteiger charge is 2.30. The lowest BCUT2D eigenvalue weighted by atomic mass is 10.00. The van der Waals surface area contributed by atoms with Gasteiger partial charge in [0.05, 0.1) is 26.4 Å². The standard InChI is InChI=1S/C74H144O17P2/c1-9-67(8)53-45-37-32-33-39-47-55-72(77)85-61-70(91-74(79)57-49-41-31-25-19-22-28-36-44-52-66(6)7)63-89-93(82,83)87-59-68(75)58-86-92(80,81)88-62-69(60-84-71(76)54-46-38-29-23-18-17-21-27-35-43-51-65(4)5)90-73(78)56-48-40-30-24-16-14-12-10-11-13-15-20-26-34-42-50-64(2)3/h64-70,75H,9-63H2,1-8H3,(H,80,81)(H,82,83)/t67?,68-,69-,70-/m1/s1. The zero-order valence-corrected chi connectivity index (χ0v) is 62.7. The number of hydrogen-bond acceptors (Lipinski definition) is 15. The number of aliphatic hydroxyl groups is 1. The summed E-state index contributed by atoms with van der Waals surface area (Å²) in [6, 6.07) is 0. The fourth-order valence-corrected chi connectivity index (χ4v) is 12.7. The van der Waals surface area contributed by atoms with E-state index < -0.39 is 97.5 Å². The Hall–Kier alpha value is -1.94. The van der Waals surface area contributed by atoms with Gasteiger partial charge in [0.1, 0.15) is 19.3 Å². The second kappa shape index (κ2) is 63.5. The molecular weight excluding hydrogens is 1220 g/mol. The van der Waals surface area contributed by atoms with Gasteiger partial charge in [-0.3, -0.25) is 37.3 Å². The molecule has 0 aromatic heterocycles. The number of carbonyl (C=O) groups excluding carboxylic acids is 4. The first-order valence-corrected chi connectivity index (χ1v) is 41.2. The molecule has 6 atom stereocenters. The van der Waals surface area contributed by atoms with Crippen LogP contribution >= 0.6 is 15.6 Å². The van der Waals surface area contributed by atoms with Gasteiger partial charge >= 0.3 is 39.5 Å². The number of unbranched alkanes of at least 4 members (excludes halogenated alkanes) is 36. The number of esters is 4. The molecule has 0 aliphatic heterocycles. The van der Waals surface area contributed by atoms with E-state index >= 15 is 0 Å². The molecule has 0 bridgehead atoms. The predicted octanol–water partition coefficient (Wildman–Crippen LogP) is 21.3. The average molecular weight is 1370 g/mol. The molecule has 3 N–H and O–H groups in total. The van der Waals surface area contributed by atoms with Gasteiger partial charge in [-0.25, -0.2) is 9.13 Å². The van der Waals surface area contributed by atoms with Crippen LogP contribution in [0.15, 0.2) is 0 Å². The van der Waals surface area contributed by atoms with Gasteiger partial charge in [0.25, 0.3) is 0 Å². The van der Waals surface area contributed by atoms with Crippen molar-refractivity contribution in [1.29, 1.82) is 0 Å². The molecule has 0 aliphatic carbocycles. The van der Waals surface area contributed by atoms with Crippen molar-refractivity contribution in [3.05, 3.63) is 0 Å². The number of carbonyl (C=O) groups is 4. The van der Waals surface area contributed by atoms with Gasteiger partial charge in [-0.15, -0.1) is 0 Å². The van der Waals surface area contributed by atoms with E-state index in [9.17, 15) is 43.2 Å². The number of aliphatic hydroxyl groups excluding tert-OH is 1. The lowest BCUT2D eigenvalue weighted by Gasteiger charge is -2.21. The minimum absolute atomic E-state index is 0.104. The second-order valence-electron chi connectivity index (χ2n) is 28.4. The zero-order valence-electron chi connectivity index (χ0n) is 60.9. The van der Waals surface area contributed by atoms with Gasteiger partial charge in [0, 0.05) is 25.7 Å². The number of rotatable bonds is 71. The Morgan fingerprint density at radius 2 is 0.516 bits per heavy atom. The summed E-state index contributed by atoms with van der Waals surface area (Å²) in [6.07, 6.45) is 47.2. The fraction of sp³-hybridized carbons (Fsp3) is 0.946. The highest BCUT2D eigenvalue weighted by molar-refractivity contribution is 7.47. The van der Waals surface area contributed by atoms with Crippen molar-refractivity contribution in [3.63, 3.8) is 0 Å². The van der Waals surface area contributed by atoms with Crippen molar-refractivity contribution in [3.8, 4) is 0 Å². The molecule has 0 spiro atoms. The summed E-state index contributed by atoms with van der Waals surface area (Å²) in [5, 5.41) is 10.6. The summed E-state index contributed by atoms with van der Waals surface area (Å²) < 4.78 is 68.4. The minimum Gasteiger partial charge on any atom is -0.462 e. The molecule has 0 radical (unpaired) electrons. The highest BCUT2D eigenvalue weighted by Crippen LogP contribution is 2.45. The van der Waals surface area contributed by atoms with E-state index in [2.05, 4.69) is 55.4 Å². The van der Waals surface area contributed by atoms with E-state index in [4.69, 9.17) is 37.0 Å². The SMILES string of the molecule is CCC(C)CCCCCCCCC(=O)OC[C@H](COP(=O)(O)OC[C@H](O)COP(=O)(O)OC[C@@H](COC(=O)CCCCCCCCCCCCC(C)C)OC(=O)CCCCCCCCCCCCCCCCCC(C)C)OC(=O)CCCCCCCCCCCC(C)C. The van der Waals surface area contributed by atoms with Crippen molar-refractivity contribution in [2.24, 2.45) is 23.7 Å². The van der Waals surface area contributed by atoms with Crippen LogP contribution in [0.5, 0.6) is 0 Å². The van der Waals surface area contributed by atoms with Crippen LogP contribution in [0, 0.1) is 23.7 Å². The van der Waals surface area contributed by atoms with E-state index in [1.807, 2.05) is 0 Å². The molecule has 0 saturated carbocycles. The molecule has 3 unspecified atom stereocenters. The topological polar surface area (TPSA) is 237 Å². The molecule has 0 fully saturated rings. The lowest BCUT2D eigenvalue weighted by Crippen LogP contribution is -2.30. The van der Waals surface area contributed by atoms with Crippen LogP contribution in [0.4, 0.5) is 0 Å². The van der Waals surface area contributed by atoms with Crippen molar-refractivity contribution < 1.29 is 80.2 Å². The first-order valence-electron chi connectivity index (χ1n) is 38.2. The maximum absolute atomic E-state index is 13.1. The first-order chi connectivity index (χ1) is 44.6. The smallest absolute Gasteiger partial charge is 0.462 e. The van der Waals surface area contributed by atoms with Gasteiger partial charge < -0.3 is 33.8 Å². The van der Waals surface area contributed by atoms with E-state index in [0.29, 0.717) is 25.7 Å². The van der Waals surface area contributed by atoms with E-state index in [1.165, 1.54) is 167 Å². The van der Waals surface area contributed by atoms with E-state index in [1.54, 1.807) is 0 Å². The summed E-state index contributed by atoms with van der Waals surface area (Å²) in [5.41, 5.74) is 0. The molecule has 0 aromatic rings. The Balaban J connectivity index is 5.25. The van der Waals surface area contributed by atoms with Crippen LogP contribution in [0.25, 0.3) is 0 Å². The van der Waals surface area contributed by atoms with Crippen molar-refractivity contribution in [1.82, 2.24) is 0 Å². The van der Waals surface area contributed by atoms with Crippen LogP contribution in [0.1, 0.15) is 370 Å². The molecular formula is C74H144O17P2. The molecule has 0 amide bonds. The average Bonchev–Trinajstić information content (AvgIpc) is 3.16. The van der Waals surface area contributed by atoms with Crippen LogP contribution in [-0.4, -0.2) is 96.7 Å². The molecule has 552 valence electrons. The Kier molecular flexibility index (Phi) is 62.2. The number of ether oxygens (including phenoxy) is 4. The van der Waals surface area contributed by atoms with Crippen LogP contribution in [0.2, 0.25) is 0 Å². The molecule has 93 heavy (non-hydrogen) atoms. The maximum atomic E-state index is 13.1. The van der Waals surface area contributed by atoms with Crippen molar-refractivity contribution in [2.75, 3.05) is 39.6 Å². The maximum Gasteiger partial charge on any atom is 0.472 e. The minimum atomic E-state index is -4.96. The van der Waals surface area contributed by atoms with Crippen LogP contribution in [-0.2, 0) is 65.4 Å². The third-order valence-electron chi connectivity index (χ3n) is 17.4. The molecule has 0 aromatic carbocycles. The van der Waals surface area contributed by atoms with Crippen molar-refractivity contribution >= 4 is 39.5 Å². The molecule has 0 aliphatic rings. The number of phosphoric ester groups is 2. The molecule has 0 rings (SSSR count). The van der Waals surface area contributed by atoms with Gasteiger partial charge in [-0.1, -0.05) is 319 Å². The summed E-state index contributed by atoms with van der Waals surface area (Å²) in [4.78, 5) is 72.7. The Bertz CT molecular complexity index is 1840. The zero-order chi connectivity index (χ0) is 68.9. The summed E-state index contributed by atoms with van der Waals surface area (Å²) in [6.45, 7) is 14.1. The Labute approximate surface area is 568 Å². The van der Waals surface area contributed by atoms with Gasteiger partial charge in [0.2, 0.25) is 0 Å². The molecule has 0 saturated heterocycles. The van der Waals surface area contributed by atoms with Crippen LogP contribution < -0.4 is 0 Å². The second-order valence-corrected chi connectivity index (χ2v) is 31.3. The summed E-state index contributed by atoms with van der Waals surface area (Å²) in [5.74, 6) is 0.904. The van der Waals surface area contributed by atoms with Gasteiger partial charge in [0.15, 0.2) is 12.2 Å². The Morgan fingerprint density at radius 3 is 0.763 bits per heavy atom. The van der Waals surface area contributed by atoms with Gasteiger partial charge in [-0.2, -0.15) is 0 Å². The van der Waals surface area contributed by atoms with Crippen LogP contribution in [0.3, 0.4) is 0 Å². The highest BCUT2D eigenvalue weighted by atomic mass is 31.2. The molecule has 19 heteroatoms. The number of hydrogen-bond donors (Lipinski definition) is 3. The third-order valence-corrected chi connectivity index (χ3v) is 19.3. The van der Waals surface area contributed by atoms with E-state index in [-0.39, 0.29) is 25.7 Å². The normalized spacial score (nSPS) is 14.5. The third kappa shape index (κ3) is 67.0. The fourth-order valence-electron chi connectivity index (χ4n) is 11.2. The summed E-state index contributed by atoms with van der Waals surface area (Å²) >= 11 is 0. The van der Waals surface area contributed by atoms with Crippen molar-refractivity contribution in [2.45, 2.75) is 388 Å². The number of phosphoric acid groups is 2. The largest absolute Gasteiger partial charge is 0.472 e. The van der Waals surface area contributed by atoms with Gasteiger partial charge in [-0.05, 0) is 49.4 Å². The molecule has 0 heterocycles. The molecule has 17 nitrogen and oxygen atoms in total. The predicted molar refractivity (Wildman–Crippen MR) is 377 cm³/mol. The van der Waals surface area contributed by atoms with E-state index in [0.717, 1.165) is 120 Å². The Morgan fingerprint density at radius 1 is 0.301 bits per heavy atom.